The van der Waals surface area contributed by atoms with Crippen LogP contribution in [0.15, 0.2) is 12.7 Å². The van der Waals surface area contributed by atoms with Gasteiger partial charge in [0.05, 0.1) is 12.9 Å². The Balaban J connectivity index is 1.66. The molecule has 2 unspecified atom stereocenters. The Hall–Kier alpha value is -2.46. The number of nitrogens with zero attached hydrogens (tertiary/aromatic N) is 4. The van der Waals surface area contributed by atoms with E-state index in [1.165, 1.54) is 13.8 Å². The second kappa shape index (κ2) is 15.4. The Kier molecular flexibility index (Phi) is 12.8. The maximum absolute atomic E-state index is 12.7. The first kappa shape index (κ1) is 39.0. The fraction of sp³-hybridized carbons (Fsp3) is 0.667. The van der Waals surface area contributed by atoms with E-state index in [1.54, 1.807) is 0 Å². The molecular weight excluding hydrogens is 699 g/mol. The van der Waals surface area contributed by atoms with Crippen LogP contribution >= 0.6 is 23.5 Å². The van der Waals surface area contributed by atoms with Gasteiger partial charge in [0.15, 0.2) is 23.8 Å². The highest BCUT2D eigenvalue weighted by Gasteiger charge is 2.53. The molecule has 10 N–H and O–H groups in total. The van der Waals surface area contributed by atoms with Crippen LogP contribution in [0.25, 0.3) is 11.2 Å². The molecule has 2 aromatic heterocycles. The molecule has 0 radical (unpaired) electrons. The number of hydrogen-bond acceptors (Lipinski definition) is 16. The summed E-state index contributed by atoms with van der Waals surface area (Å²) in [6.45, 7) is 3.76. The van der Waals surface area contributed by atoms with Gasteiger partial charge in [0.25, 0.3) is 0 Å². The van der Waals surface area contributed by atoms with E-state index in [-0.39, 0.29) is 35.9 Å². The minimum atomic E-state index is -5.77. The van der Waals surface area contributed by atoms with Crippen LogP contribution in [0, 0.1) is 5.41 Å². The van der Waals surface area contributed by atoms with Gasteiger partial charge in [-0.1, -0.05) is 20.8 Å². The highest BCUT2D eigenvalue weighted by molar-refractivity contribution is 7.61. The maximum Gasteiger partial charge on any atom is 0.483 e. The van der Waals surface area contributed by atoms with E-state index in [2.05, 4.69) is 34.4 Å². The molecule has 0 saturated carbocycles. The van der Waals surface area contributed by atoms with Crippen molar-refractivity contribution in [2.45, 2.75) is 64.4 Å². The quantitative estimate of drug-likeness (QED) is 0.0859. The van der Waals surface area contributed by atoms with Crippen molar-refractivity contribution in [3.8, 4) is 0 Å². The van der Waals surface area contributed by atoms with E-state index in [0.717, 1.165) is 17.2 Å². The number of aliphatic hydroxyl groups excluding tert-OH is 2. The summed E-state index contributed by atoms with van der Waals surface area (Å²) in [5, 5.41) is 26.1. The smallest absolute Gasteiger partial charge is 0.385 e. The molecule has 23 nitrogen and oxygen atoms in total. The topological polar surface area (TPSA) is 347 Å². The second-order valence-electron chi connectivity index (χ2n) is 10.7. The van der Waals surface area contributed by atoms with Gasteiger partial charge in [0.2, 0.25) is 18.1 Å². The third kappa shape index (κ3) is 10.8. The van der Waals surface area contributed by atoms with E-state index >= 15 is 0 Å². The number of aliphatic hydroxyl groups is 2. The molecular formula is C21H36N7O16P3. The molecule has 26 heteroatoms. The zero-order chi connectivity index (χ0) is 35.4. The number of nitrogens with one attached hydrogen (secondary N) is 2. The van der Waals surface area contributed by atoms with Crippen LogP contribution in [0.1, 0.15) is 39.8 Å². The van der Waals surface area contributed by atoms with Gasteiger partial charge in [-0.15, -0.1) is 0 Å². The number of nitrogen functional groups attached to an aromatic ring is 1. The largest absolute Gasteiger partial charge is 0.483 e. The maximum atomic E-state index is 12.7. The molecule has 7 atom stereocenters. The van der Waals surface area contributed by atoms with E-state index in [1.807, 2.05) is 6.92 Å². The van der Waals surface area contributed by atoms with Crippen LogP contribution in [-0.2, 0) is 45.9 Å². The van der Waals surface area contributed by atoms with Crippen LogP contribution in [-0.4, -0.2) is 105 Å². The molecule has 3 heterocycles. The molecule has 2 amide bonds. The van der Waals surface area contributed by atoms with Crippen molar-refractivity contribution < 1.29 is 75.7 Å². The molecule has 1 saturated heterocycles. The Labute approximate surface area is 266 Å². The fourth-order valence-corrected chi connectivity index (χ4v) is 6.85. The number of carbonyl (C=O) groups excluding carboxylic acids is 2. The number of nitrogens with two attached hydrogens (primary N) is 1. The molecule has 3 rings (SSSR count). The summed E-state index contributed by atoms with van der Waals surface area (Å²) in [5.74, 6) is -1.36. The zero-order valence-electron chi connectivity index (χ0n) is 25.1. The minimum absolute atomic E-state index is 0.0370. The number of anilines is 1. The van der Waals surface area contributed by atoms with E-state index in [9.17, 15) is 53.1 Å². The number of rotatable bonds is 17. The molecule has 1 aliphatic rings. The van der Waals surface area contributed by atoms with Gasteiger partial charge in [0, 0.05) is 24.9 Å². The van der Waals surface area contributed by atoms with Gasteiger partial charge >= 0.3 is 23.5 Å². The van der Waals surface area contributed by atoms with Crippen molar-refractivity contribution >= 4 is 52.3 Å². The van der Waals surface area contributed by atoms with Gasteiger partial charge in [-0.2, -0.15) is 4.31 Å². The lowest BCUT2D eigenvalue weighted by Gasteiger charge is -2.30. The molecule has 0 bridgehead atoms. The first-order chi connectivity index (χ1) is 21.7. The van der Waals surface area contributed by atoms with Crippen molar-refractivity contribution in [1.82, 2.24) is 30.2 Å². The molecule has 47 heavy (non-hydrogen) atoms. The summed E-state index contributed by atoms with van der Waals surface area (Å²) in [7, 11) is -16.7. The molecule has 1 aliphatic heterocycles. The van der Waals surface area contributed by atoms with Crippen LogP contribution in [0.4, 0.5) is 5.82 Å². The first-order valence-electron chi connectivity index (χ1n) is 13.6. The number of fused-ring (bicyclic) bond motifs is 1. The normalized spacial score (nSPS) is 23.6. The number of phosphoric ester groups is 3. The molecule has 266 valence electrons. The number of amides is 2. The summed E-state index contributed by atoms with van der Waals surface area (Å²) in [4.78, 5) is 74.7. The summed E-state index contributed by atoms with van der Waals surface area (Å²) in [5.41, 5.74) is 4.12. The Bertz CT molecular complexity index is 1570. The zero-order valence-corrected chi connectivity index (χ0v) is 27.7. The lowest BCUT2D eigenvalue weighted by molar-refractivity contribution is -0.137. The van der Waals surface area contributed by atoms with Crippen molar-refractivity contribution in [1.29, 1.82) is 0 Å². The first-order valence-corrected chi connectivity index (χ1v) is 18.1. The number of aromatic nitrogens is 4. The molecule has 0 aliphatic carbocycles. The third-order valence-corrected chi connectivity index (χ3v) is 9.44. The molecule has 1 fully saturated rings. The predicted molar refractivity (Wildman–Crippen MR) is 155 cm³/mol. The van der Waals surface area contributed by atoms with Crippen LogP contribution < -0.4 is 16.4 Å². The summed E-state index contributed by atoms with van der Waals surface area (Å²) in [6.07, 6.45) is -7.41. The molecule has 0 spiro atoms. The van der Waals surface area contributed by atoms with Gasteiger partial charge in [0.1, 0.15) is 24.1 Å². The van der Waals surface area contributed by atoms with E-state index in [4.69, 9.17) is 19.5 Å². The third-order valence-electron chi connectivity index (χ3n) is 6.35. The number of imidazole rings is 1. The number of hydrogen-bond donors (Lipinski definition) is 9. The Morgan fingerprint density at radius 3 is 2.40 bits per heavy atom. The second-order valence-corrected chi connectivity index (χ2v) is 14.9. The number of ether oxygens (including phenoxy) is 1. The fourth-order valence-electron chi connectivity index (χ4n) is 4.00. The lowest BCUT2D eigenvalue weighted by atomic mass is 9.87. The number of carbonyl (C=O) groups is 2. The summed E-state index contributed by atoms with van der Waals surface area (Å²) in [6, 6.07) is 0. The average Bonchev–Trinajstić information content (AvgIpc) is 3.50. The van der Waals surface area contributed by atoms with Crippen molar-refractivity contribution in [3.63, 3.8) is 0 Å². The standard InChI is InChI=1S/C21H36N7O16P3/c1-4-6-23-11(29)5-7-24-18(32)15(31)21(2,3)8-40-46(36,37)44-47(38,39)43-20-14(42-45(33,34)35)13(30)19(41-20)28-10-27-12-16(22)25-9-26-17(12)28/h9-10,13-15,19-20,30-31H,4-8H2,1-3H3,(H,23,29)(H,24,32)(H,36,37)(H,38,39)(H2,22,25,26)(H2,33,34,35)/t13-,14+,15+,19-,20-/m1/s1. The van der Waals surface area contributed by atoms with Crippen molar-refractivity contribution in [2.24, 2.45) is 5.41 Å². The number of phosphoric acid groups is 3. The van der Waals surface area contributed by atoms with Gasteiger partial charge < -0.3 is 50.9 Å². The average molecular weight is 735 g/mol. The van der Waals surface area contributed by atoms with Crippen LogP contribution in [0.5, 0.6) is 0 Å². The lowest BCUT2D eigenvalue weighted by Crippen LogP contribution is -2.46. The van der Waals surface area contributed by atoms with Gasteiger partial charge in [-0.25, -0.2) is 28.6 Å². The summed E-state index contributed by atoms with van der Waals surface area (Å²) < 4.78 is 61.5. The predicted octanol–water partition coefficient (Wildman–Crippen LogP) is -1.23. The van der Waals surface area contributed by atoms with Crippen molar-refractivity contribution in [2.75, 3.05) is 25.4 Å². The van der Waals surface area contributed by atoms with Crippen molar-refractivity contribution in [3.05, 3.63) is 12.7 Å². The van der Waals surface area contributed by atoms with Crippen LogP contribution in [0.3, 0.4) is 0 Å². The van der Waals surface area contributed by atoms with Crippen LogP contribution in [0.2, 0.25) is 0 Å². The Morgan fingerprint density at radius 1 is 1.09 bits per heavy atom. The minimum Gasteiger partial charge on any atom is -0.385 e. The van der Waals surface area contributed by atoms with E-state index in [0.29, 0.717) is 13.0 Å². The highest BCUT2D eigenvalue weighted by Crippen LogP contribution is 2.62. The highest BCUT2D eigenvalue weighted by atomic mass is 31.3. The summed E-state index contributed by atoms with van der Waals surface area (Å²) >= 11 is 0. The monoisotopic (exact) mass is 735 g/mol. The van der Waals surface area contributed by atoms with Gasteiger partial charge in [-0.05, 0) is 6.42 Å². The van der Waals surface area contributed by atoms with E-state index < -0.39 is 72.2 Å². The SMILES string of the molecule is CCCNC(=O)CCNC(=O)[C@H](O)C(C)(C)COP(=O)(O)OP(=O)(O)O[C@H]1O[C@@H](n2cnc3c(N)ncnc32)[C@H](O)[C@@H]1OP(=O)(O)O. The van der Waals surface area contributed by atoms with Gasteiger partial charge in [-0.3, -0.25) is 27.7 Å². The Morgan fingerprint density at radius 2 is 1.77 bits per heavy atom. The molecule has 0 aromatic carbocycles. The molecule has 2 aromatic rings.